The first-order valence-corrected chi connectivity index (χ1v) is 13.2. The molecular formula is C30H41N3O8. The summed E-state index contributed by atoms with van der Waals surface area (Å²) in [4.78, 5) is 28.8. The number of phenols is 2. The number of carbonyl (C=O) groups excluding carboxylic acids is 2. The van der Waals surface area contributed by atoms with E-state index in [9.17, 15) is 24.9 Å². The van der Waals surface area contributed by atoms with Crippen LogP contribution in [0.2, 0.25) is 0 Å². The van der Waals surface area contributed by atoms with Gasteiger partial charge in [0.05, 0.1) is 17.9 Å². The number of carbonyl (C=O) groups is 2. The number of anilines is 1. The highest BCUT2D eigenvalue weighted by Crippen LogP contribution is 2.43. The second-order valence-electron chi connectivity index (χ2n) is 9.81. The van der Waals surface area contributed by atoms with E-state index in [0.29, 0.717) is 24.0 Å². The predicted octanol–water partition coefficient (Wildman–Crippen LogP) is 4.20. The van der Waals surface area contributed by atoms with Crippen LogP contribution >= 0.6 is 0 Å². The fourth-order valence-corrected chi connectivity index (χ4v) is 4.61. The van der Waals surface area contributed by atoms with Gasteiger partial charge in [0, 0.05) is 43.6 Å². The van der Waals surface area contributed by atoms with Crippen molar-refractivity contribution in [2.75, 3.05) is 19.5 Å². The van der Waals surface area contributed by atoms with Crippen molar-refractivity contribution in [1.82, 2.24) is 0 Å². The largest absolute Gasteiger partial charge is 0.506 e. The molecule has 1 aromatic carbocycles. The van der Waals surface area contributed by atoms with Gasteiger partial charge in [0.15, 0.2) is 6.10 Å². The molecule has 11 nitrogen and oxygen atoms in total. The predicted molar refractivity (Wildman–Crippen MR) is 158 cm³/mol. The minimum atomic E-state index is -0.993. The Morgan fingerprint density at radius 1 is 1.24 bits per heavy atom. The maximum absolute atomic E-state index is 12.9. The number of aromatic hydroxyl groups is 2. The molecule has 1 aliphatic rings. The summed E-state index contributed by atoms with van der Waals surface area (Å²) in [6.45, 7) is 8.71. The van der Waals surface area contributed by atoms with Gasteiger partial charge in [0.2, 0.25) is 0 Å². The summed E-state index contributed by atoms with van der Waals surface area (Å²) in [5.41, 5.74) is 6.68. The Balaban J connectivity index is 2.63. The minimum absolute atomic E-state index is 0.0103. The number of nitrogens with zero attached hydrogens (tertiary/aromatic N) is 1. The zero-order valence-corrected chi connectivity index (χ0v) is 24.2. The summed E-state index contributed by atoms with van der Waals surface area (Å²) in [6.07, 6.45) is 6.19. The summed E-state index contributed by atoms with van der Waals surface area (Å²) < 4.78 is 16.5. The number of benzene rings is 1. The number of ether oxygens (including phenoxy) is 3. The summed E-state index contributed by atoms with van der Waals surface area (Å²) in [5.74, 6) is -1.41. The van der Waals surface area contributed by atoms with E-state index in [-0.39, 0.29) is 34.9 Å². The molecule has 2 bridgehead atoms. The number of aliphatic imine (C=N–C) groups is 1. The average Bonchev–Trinajstić information content (AvgIpc) is 2.93. The van der Waals surface area contributed by atoms with E-state index < -0.39 is 42.3 Å². The Labute approximate surface area is 240 Å². The zero-order chi connectivity index (χ0) is 30.7. The molecule has 0 spiro atoms. The van der Waals surface area contributed by atoms with Crippen LogP contribution < -0.4 is 11.1 Å². The monoisotopic (exact) mass is 571 g/mol. The van der Waals surface area contributed by atoms with Gasteiger partial charge >= 0.3 is 6.09 Å². The van der Waals surface area contributed by atoms with E-state index in [1.54, 1.807) is 39.0 Å². The Kier molecular flexibility index (Phi) is 12.8. The molecule has 5 atom stereocenters. The van der Waals surface area contributed by atoms with Crippen LogP contribution in [0.1, 0.15) is 39.2 Å². The number of hydrogen-bond acceptors (Lipinski definition) is 9. The normalized spacial score (nSPS) is 24.8. The zero-order valence-electron chi connectivity index (χ0n) is 24.2. The van der Waals surface area contributed by atoms with Crippen molar-refractivity contribution in [1.29, 1.82) is 0 Å². The van der Waals surface area contributed by atoms with E-state index in [4.69, 9.17) is 19.9 Å². The quantitative estimate of drug-likeness (QED) is 0.151. The number of phenolic OH excluding ortho intramolecular Hbond substituents is 2. The number of aliphatic hydroxyl groups is 1. The number of allylic oxidation sites excluding steroid dienone is 3. The van der Waals surface area contributed by atoms with E-state index in [1.165, 1.54) is 38.7 Å². The van der Waals surface area contributed by atoms with Crippen LogP contribution in [0.4, 0.5) is 16.2 Å². The lowest BCUT2D eigenvalue weighted by molar-refractivity contribution is -0.112. The molecule has 41 heavy (non-hydrogen) atoms. The van der Waals surface area contributed by atoms with Crippen molar-refractivity contribution in [3.05, 3.63) is 59.7 Å². The topological polar surface area (TPSA) is 173 Å². The number of amides is 2. The van der Waals surface area contributed by atoms with Crippen LogP contribution in [0.5, 0.6) is 11.5 Å². The summed E-state index contributed by atoms with van der Waals surface area (Å²) >= 11 is 0. The first-order chi connectivity index (χ1) is 19.4. The van der Waals surface area contributed by atoms with Gasteiger partial charge in [-0.2, -0.15) is 0 Å². The number of nitrogens with two attached hydrogens (primary N) is 1. The Bertz CT molecular complexity index is 1220. The second kappa shape index (κ2) is 15.8. The number of hydrogen-bond donors (Lipinski definition) is 5. The van der Waals surface area contributed by atoms with E-state index in [2.05, 4.69) is 16.9 Å². The molecule has 0 radical (unpaired) electrons. The lowest BCUT2D eigenvalue weighted by Gasteiger charge is -2.28. The first kappa shape index (κ1) is 33.3. The van der Waals surface area contributed by atoms with Gasteiger partial charge in [-0.15, -0.1) is 0 Å². The number of nitrogens with one attached hydrogen (secondary N) is 1. The summed E-state index contributed by atoms with van der Waals surface area (Å²) in [6, 6.07) is 1.22. The molecule has 1 aliphatic heterocycles. The van der Waals surface area contributed by atoms with Crippen molar-refractivity contribution >= 4 is 29.6 Å². The second-order valence-corrected chi connectivity index (χ2v) is 9.81. The number of aliphatic hydroxyl groups excluding tert-OH is 1. The van der Waals surface area contributed by atoms with Gasteiger partial charge in [-0.3, -0.25) is 9.79 Å². The van der Waals surface area contributed by atoms with Crippen molar-refractivity contribution < 1.29 is 39.1 Å². The van der Waals surface area contributed by atoms with Crippen molar-refractivity contribution in [2.24, 2.45) is 16.6 Å². The fourth-order valence-electron chi connectivity index (χ4n) is 4.61. The maximum Gasteiger partial charge on any atom is 0.405 e. The third kappa shape index (κ3) is 9.04. The number of fused-ring (bicyclic) bond motifs is 2. The molecule has 0 saturated heterocycles. The lowest BCUT2D eigenvalue weighted by Crippen LogP contribution is -2.36. The average molecular weight is 572 g/mol. The maximum atomic E-state index is 12.9. The van der Waals surface area contributed by atoms with Gasteiger partial charge in [-0.1, -0.05) is 43.9 Å². The fraction of sp³-hybridized carbons (Fsp3) is 0.433. The van der Waals surface area contributed by atoms with Crippen LogP contribution in [-0.4, -0.2) is 72.2 Å². The molecule has 2 amide bonds. The van der Waals surface area contributed by atoms with Gasteiger partial charge in [0.25, 0.3) is 5.91 Å². The van der Waals surface area contributed by atoms with Crippen LogP contribution in [0.15, 0.2) is 59.2 Å². The molecule has 0 fully saturated rings. The molecule has 11 heteroatoms. The van der Waals surface area contributed by atoms with Crippen molar-refractivity contribution in [3.8, 4) is 11.5 Å². The Morgan fingerprint density at radius 2 is 1.95 bits per heavy atom. The molecule has 6 N–H and O–H groups in total. The van der Waals surface area contributed by atoms with E-state index >= 15 is 0 Å². The molecule has 2 rings (SSSR count). The SMILES string of the molecule is C=CC=Nc1c(O)cc2c(O)c1CCC[C@H](OC)[C@H](O)[C@@H](C)C=C(C)[C@H](OC(N)=O)[C@@H](OC)C=CC=C(C)C(=O)N2. The number of rotatable bonds is 5. The number of methoxy groups -OCH3 is 2. The molecule has 0 aromatic heterocycles. The van der Waals surface area contributed by atoms with E-state index in [1.807, 2.05) is 0 Å². The number of primary amides is 1. The molecule has 0 saturated carbocycles. The molecule has 1 aromatic rings. The molecule has 1 heterocycles. The third-order valence-electron chi connectivity index (χ3n) is 6.84. The molecule has 0 aliphatic carbocycles. The first-order valence-electron chi connectivity index (χ1n) is 13.2. The summed E-state index contributed by atoms with van der Waals surface area (Å²) in [5, 5.41) is 35.5. The highest BCUT2D eigenvalue weighted by atomic mass is 16.6. The van der Waals surface area contributed by atoms with Gasteiger partial charge in [-0.05, 0) is 38.7 Å². The van der Waals surface area contributed by atoms with Crippen LogP contribution in [0.25, 0.3) is 0 Å². The van der Waals surface area contributed by atoms with E-state index in [0.717, 1.165) is 0 Å². The standard InChI is InChI=1S/C30H41N3O8/c1-7-14-32-25-20-11-9-12-23(39-5)26(35)18(3)15-19(4)28(41-30(31)38)24(40-6)13-8-10-17(2)29(37)33-21(27(20)36)16-22(25)34/h7-8,10,13-16,18,23-24,26,28,34-36H,1,9,11-12H2,2-6H3,(H2,31,38)(H,33,37)/t18-,23-,24-,26+,28-/m0/s1. The molecule has 224 valence electrons. The lowest BCUT2D eigenvalue weighted by atomic mass is 9.91. The van der Waals surface area contributed by atoms with Crippen LogP contribution in [0.3, 0.4) is 0 Å². The minimum Gasteiger partial charge on any atom is -0.506 e. The van der Waals surface area contributed by atoms with Crippen molar-refractivity contribution in [3.63, 3.8) is 0 Å². The van der Waals surface area contributed by atoms with Gasteiger partial charge < -0.3 is 40.6 Å². The van der Waals surface area contributed by atoms with Crippen LogP contribution in [0, 0.1) is 5.92 Å². The smallest absolute Gasteiger partial charge is 0.405 e. The Hall–Kier alpha value is -3.93. The van der Waals surface area contributed by atoms with Gasteiger partial charge in [0.1, 0.15) is 23.3 Å². The molecule has 0 unspecified atom stereocenters. The van der Waals surface area contributed by atoms with Gasteiger partial charge in [-0.25, -0.2) is 4.79 Å². The summed E-state index contributed by atoms with van der Waals surface area (Å²) in [7, 11) is 2.93. The van der Waals surface area contributed by atoms with Crippen molar-refractivity contribution in [2.45, 2.75) is 64.4 Å². The molecular weight excluding hydrogens is 530 g/mol. The third-order valence-corrected chi connectivity index (χ3v) is 6.84. The Morgan fingerprint density at radius 3 is 2.56 bits per heavy atom. The highest BCUT2D eigenvalue weighted by Gasteiger charge is 2.28. The highest BCUT2D eigenvalue weighted by molar-refractivity contribution is 6.04. The van der Waals surface area contributed by atoms with Crippen LogP contribution in [-0.2, 0) is 25.4 Å².